The molecule has 0 aromatic heterocycles. The highest BCUT2D eigenvalue weighted by Crippen LogP contribution is 2.17. The maximum Gasteiger partial charge on any atom is 0.251 e. The lowest BCUT2D eigenvalue weighted by atomic mass is 9.98. The number of likely N-dealkylation sites (tertiary alicyclic amines) is 1. The Labute approximate surface area is 154 Å². The number of halogens is 1. The van der Waals surface area contributed by atoms with E-state index in [1.165, 1.54) is 25.7 Å². The van der Waals surface area contributed by atoms with E-state index >= 15 is 0 Å². The minimum atomic E-state index is 0. The molecule has 0 atom stereocenters. The van der Waals surface area contributed by atoms with E-state index in [0.717, 1.165) is 42.7 Å². The van der Waals surface area contributed by atoms with Gasteiger partial charge in [-0.15, -0.1) is 24.0 Å². The van der Waals surface area contributed by atoms with Crippen LogP contribution in [0.1, 0.15) is 47.2 Å². The number of nitrogens with one attached hydrogen (secondary N) is 1. The molecule has 1 fully saturated rings. The predicted octanol–water partition coefficient (Wildman–Crippen LogP) is 2.28. The summed E-state index contributed by atoms with van der Waals surface area (Å²) in [5.74, 6) is 0.650. The van der Waals surface area contributed by atoms with Gasteiger partial charge in [-0.25, -0.2) is 4.99 Å². The second kappa shape index (κ2) is 8.52. The zero-order chi connectivity index (χ0) is 15.4. The number of hydrogen-bond donors (Lipinski definition) is 2. The summed E-state index contributed by atoms with van der Waals surface area (Å²) in [4.78, 5) is 18.6. The van der Waals surface area contributed by atoms with Crippen molar-refractivity contribution >= 4 is 35.8 Å². The Morgan fingerprint density at radius 1 is 1.22 bits per heavy atom. The molecule has 0 aliphatic carbocycles. The smallest absolute Gasteiger partial charge is 0.251 e. The van der Waals surface area contributed by atoms with Crippen LogP contribution in [0.5, 0.6) is 0 Å². The van der Waals surface area contributed by atoms with Gasteiger partial charge in [0.2, 0.25) is 0 Å². The van der Waals surface area contributed by atoms with Gasteiger partial charge in [-0.1, -0.05) is 25.0 Å². The Bertz CT molecular complexity index is 580. The Kier molecular flexibility index (Phi) is 6.68. The fraction of sp³-hybridized carbons (Fsp3) is 0.529. The monoisotopic (exact) mass is 428 g/mol. The standard InChI is InChI=1S/C17H24N4O.HI/c18-17(21-9-3-1-2-4-10-21)20-12-13-5-6-14-7-8-19-16(22)15(14)11-13;/h5-6,11H,1-4,7-10,12H2,(H2,18,20)(H,19,22);1H. The molecule has 2 aliphatic heterocycles. The van der Waals surface area contributed by atoms with Gasteiger partial charge in [-0.05, 0) is 36.5 Å². The summed E-state index contributed by atoms with van der Waals surface area (Å²) < 4.78 is 0. The molecule has 0 spiro atoms. The minimum Gasteiger partial charge on any atom is -0.370 e. The molecule has 2 heterocycles. The van der Waals surface area contributed by atoms with E-state index in [0.29, 0.717) is 12.5 Å². The van der Waals surface area contributed by atoms with Crippen molar-refractivity contribution in [1.29, 1.82) is 0 Å². The number of aliphatic imine (C=N–C) groups is 1. The number of rotatable bonds is 2. The summed E-state index contributed by atoms with van der Waals surface area (Å²) in [5.41, 5.74) is 9.07. The first kappa shape index (κ1) is 18.0. The third-order valence-electron chi connectivity index (χ3n) is 4.45. The van der Waals surface area contributed by atoms with Crippen LogP contribution in [-0.4, -0.2) is 36.4 Å². The minimum absolute atomic E-state index is 0. The quantitative estimate of drug-likeness (QED) is 0.432. The largest absolute Gasteiger partial charge is 0.370 e. The van der Waals surface area contributed by atoms with Crippen molar-refractivity contribution in [3.05, 3.63) is 34.9 Å². The first-order valence-corrected chi connectivity index (χ1v) is 8.19. The number of benzene rings is 1. The molecule has 1 aromatic carbocycles. The van der Waals surface area contributed by atoms with E-state index in [1.807, 2.05) is 12.1 Å². The number of carbonyl (C=O) groups excluding carboxylic acids is 1. The molecule has 0 bridgehead atoms. The Balaban J connectivity index is 0.00000192. The fourth-order valence-electron chi connectivity index (χ4n) is 3.13. The molecule has 0 saturated carbocycles. The lowest BCUT2D eigenvalue weighted by Crippen LogP contribution is -2.38. The van der Waals surface area contributed by atoms with E-state index in [-0.39, 0.29) is 29.9 Å². The van der Waals surface area contributed by atoms with Gasteiger partial charge in [0.25, 0.3) is 5.91 Å². The van der Waals surface area contributed by atoms with E-state index in [1.54, 1.807) is 0 Å². The highest BCUT2D eigenvalue weighted by molar-refractivity contribution is 14.0. The number of nitrogens with two attached hydrogens (primary N) is 1. The summed E-state index contributed by atoms with van der Waals surface area (Å²) in [6, 6.07) is 6.04. The van der Waals surface area contributed by atoms with Crippen molar-refractivity contribution in [3.63, 3.8) is 0 Å². The Morgan fingerprint density at radius 3 is 2.70 bits per heavy atom. The SMILES string of the molecule is I.NC(=NCc1ccc2c(c1)C(=O)NCC2)N1CCCCCC1. The molecule has 2 aliphatic rings. The van der Waals surface area contributed by atoms with Crippen molar-refractivity contribution in [2.45, 2.75) is 38.6 Å². The summed E-state index contributed by atoms with van der Waals surface area (Å²) in [6.45, 7) is 3.26. The molecule has 3 rings (SSSR count). The highest BCUT2D eigenvalue weighted by Gasteiger charge is 2.16. The third kappa shape index (κ3) is 4.59. The molecule has 6 heteroatoms. The topological polar surface area (TPSA) is 70.7 Å². The second-order valence-electron chi connectivity index (χ2n) is 6.07. The van der Waals surface area contributed by atoms with Crippen LogP contribution in [-0.2, 0) is 13.0 Å². The third-order valence-corrected chi connectivity index (χ3v) is 4.45. The van der Waals surface area contributed by atoms with Crippen LogP contribution in [0.25, 0.3) is 0 Å². The van der Waals surface area contributed by atoms with Gasteiger partial charge < -0.3 is 16.0 Å². The van der Waals surface area contributed by atoms with Crippen molar-refractivity contribution in [3.8, 4) is 0 Å². The summed E-state index contributed by atoms with van der Waals surface area (Å²) >= 11 is 0. The summed E-state index contributed by atoms with van der Waals surface area (Å²) in [6.07, 6.45) is 5.85. The molecule has 23 heavy (non-hydrogen) atoms. The van der Waals surface area contributed by atoms with E-state index in [4.69, 9.17) is 5.73 Å². The molecular weight excluding hydrogens is 403 g/mol. The maximum absolute atomic E-state index is 11.9. The van der Waals surface area contributed by atoms with Crippen LogP contribution in [0.4, 0.5) is 0 Å². The first-order chi connectivity index (χ1) is 10.7. The molecule has 126 valence electrons. The van der Waals surface area contributed by atoms with Gasteiger partial charge in [-0.3, -0.25) is 4.79 Å². The van der Waals surface area contributed by atoms with Crippen LogP contribution in [0.3, 0.4) is 0 Å². The van der Waals surface area contributed by atoms with E-state index in [9.17, 15) is 4.79 Å². The molecule has 1 amide bonds. The van der Waals surface area contributed by atoms with Crippen LogP contribution < -0.4 is 11.1 Å². The van der Waals surface area contributed by atoms with Gasteiger partial charge in [0.05, 0.1) is 6.54 Å². The van der Waals surface area contributed by atoms with E-state index in [2.05, 4.69) is 21.3 Å². The summed E-state index contributed by atoms with van der Waals surface area (Å²) in [7, 11) is 0. The zero-order valence-corrected chi connectivity index (χ0v) is 15.7. The van der Waals surface area contributed by atoms with Gasteiger partial charge >= 0.3 is 0 Å². The molecule has 5 nitrogen and oxygen atoms in total. The van der Waals surface area contributed by atoms with Gasteiger partial charge in [-0.2, -0.15) is 0 Å². The molecule has 1 saturated heterocycles. The van der Waals surface area contributed by atoms with Crippen LogP contribution >= 0.6 is 24.0 Å². The Morgan fingerprint density at radius 2 is 1.96 bits per heavy atom. The molecule has 0 radical (unpaired) electrons. The van der Waals surface area contributed by atoms with Crippen molar-refractivity contribution in [2.75, 3.05) is 19.6 Å². The average Bonchev–Trinajstić information content (AvgIpc) is 2.82. The number of nitrogens with zero attached hydrogens (tertiary/aromatic N) is 2. The lowest BCUT2D eigenvalue weighted by Gasteiger charge is -2.21. The number of fused-ring (bicyclic) bond motifs is 1. The first-order valence-electron chi connectivity index (χ1n) is 8.19. The highest BCUT2D eigenvalue weighted by atomic mass is 127. The summed E-state index contributed by atoms with van der Waals surface area (Å²) in [5, 5.41) is 2.88. The van der Waals surface area contributed by atoms with Crippen LogP contribution in [0.15, 0.2) is 23.2 Å². The van der Waals surface area contributed by atoms with Crippen LogP contribution in [0.2, 0.25) is 0 Å². The fourth-order valence-corrected chi connectivity index (χ4v) is 3.13. The molecular formula is C17H25IN4O. The zero-order valence-electron chi connectivity index (χ0n) is 13.4. The lowest BCUT2D eigenvalue weighted by molar-refractivity contribution is 0.0946. The number of hydrogen-bond acceptors (Lipinski definition) is 2. The van der Waals surface area contributed by atoms with Crippen molar-refractivity contribution < 1.29 is 4.79 Å². The maximum atomic E-state index is 11.9. The second-order valence-corrected chi connectivity index (χ2v) is 6.07. The predicted molar refractivity (Wildman–Crippen MR) is 103 cm³/mol. The van der Waals surface area contributed by atoms with Gasteiger partial charge in [0.1, 0.15) is 0 Å². The van der Waals surface area contributed by atoms with Crippen molar-refractivity contribution in [2.24, 2.45) is 10.7 Å². The van der Waals surface area contributed by atoms with Crippen LogP contribution in [0, 0.1) is 0 Å². The number of carbonyl (C=O) groups is 1. The van der Waals surface area contributed by atoms with E-state index < -0.39 is 0 Å². The van der Waals surface area contributed by atoms with Gasteiger partial charge in [0, 0.05) is 25.2 Å². The Hall–Kier alpha value is -1.31. The number of guanidine groups is 1. The molecule has 0 unspecified atom stereocenters. The van der Waals surface area contributed by atoms with Gasteiger partial charge in [0.15, 0.2) is 5.96 Å². The average molecular weight is 428 g/mol. The number of amides is 1. The van der Waals surface area contributed by atoms with Crippen molar-refractivity contribution in [1.82, 2.24) is 10.2 Å². The molecule has 3 N–H and O–H groups in total. The molecule has 1 aromatic rings. The normalized spacial score (nSPS) is 18.5.